The van der Waals surface area contributed by atoms with Gasteiger partial charge < -0.3 is 5.32 Å². The minimum absolute atomic E-state index is 0.0724. The van der Waals surface area contributed by atoms with Crippen molar-refractivity contribution < 1.29 is 14.4 Å². The zero-order valence-electron chi connectivity index (χ0n) is 23.6. The molecule has 43 heavy (non-hydrogen) atoms. The Hall–Kier alpha value is -4.74. The number of aromatic nitrogens is 5. The van der Waals surface area contributed by atoms with Crippen LogP contribution >= 0.6 is 22.9 Å². The van der Waals surface area contributed by atoms with E-state index in [1.54, 1.807) is 69.4 Å². The van der Waals surface area contributed by atoms with Gasteiger partial charge in [-0.3, -0.25) is 33.7 Å². The molecule has 0 aromatic carbocycles. The van der Waals surface area contributed by atoms with Crippen LogP contribution in [-0.2, 0) is 13.1 Å². The largest absolute Gasteiger partial charge is 0.365 e. The second-order valence-corrected chi connectivity index (χ2v) is 12.5. The maximum Gasteiger partial charge on any atom is 0.254 e. The summed E-state index contributed by atoms with van der Waals surface area (Å²) in [6.45, 7) is 5.34. The Morgan fingerprint density at radius 3 is 2.44 bits per heavy atom. The van der Waals surface area contributed by atoms with Crippen molar-refractivity contribution >= 4 is 46.2 Å². The topological polar surface area (TPSA) is 129 Å². The molecule has 0 aliphatic rings. The summed E-state index contributed by atoms with van der Waals surface area (Å²) >= 11 is 7.49. The van der Waals surface area contributed by atoms with Crippen molar-refractivity contribution in [1.29, 1.82) is 0 Å². The SMILES string of the molecule is CC(C)(C)C(=O)n1nc(-c2cc(C(=O)c3ccccn3)cc(=O)n2CC(=O)c2cccnc2)cc1NCc1ccc(Cl)s1. The summed E-state index contributed by atoms with van der Waals surface area (Å²) in [5, 5.41) is 7.83. The Kier molecular flexibility index (Phi) is 8.47. The smallest absolute Gasteiger partial charge is 0.254 e. The van der Waals surface area contributed by atoms with Gasteiger partial charge in [-0.05, 0) is 42.5 Å². The lowest BCUT2D eigenvalue weighted by atomic mass is 9.96. The fourth-order valence-corrected chi connectivity index (χ4v) is 5.27. The number of thiophene rings is 1. The lowest BCUT2D eigenvalue weighted by Gasteiger charge is -2.18. The lowest BCUT2D eigenvalue weighted by Crippen LogP contribution is -2.29. The Balaban J connectivity index is 1.64. The molecule has 0 saturated carbocycles. The second-order valence-electron chi connectivity index (χ2n) is 10.7. The fraction of sp³-hybridized carbons (Fsp3) is 0.194. The van der Waals surface area contributed by atoms with E-state index >= 15 is 0 Å². The second kappa shape index (κ2) is 12.2. The van der Waals surface area contributed by atoms with Crippen LogP contribution in [-0.4, -0.2) is 41.8 Å². The number of hydrogen-bond acceptors (Lipinski definition) is 9. The number of halogens is 1. The van der Waals surface area contributed by atoms with Gasteiger partial charge in [-0.15, -0.1) is 11.3 Å². The van der Waals surface area contributed by atoms with Gasteiger partial charge in [0.15, 0.2) is 5.78 Å². The van der Waals surface area contributed by atoms with Gasteiger partial charge in [0.05, 0.1) is 23.1 Å². The average molecular weight is 615 g/mol. The molecule has 5 aromatic rings. The molecule has 12 heteroatoms. The maximum absolute atomic E-state index is 13.5. The van der Waals surface area contributed by atoms with Crippen molar-refractivity contribution in [2.45, 2.75) is 33.9 Å². The summed E-state index contributed by atoms with van der Waals surface area (Å²) in [6.07, 6.45) is 4.45. The van der Waals surface area contributed by atoms with Crippen LogP contribution in [0.25, 0.3) is 11.4 Å². The van der Waals surface area contributed by atoms with E-state index < -0.39 is 16.8 Å². The Bertz CT molecular complexity index is 1870. The van der Waals surface area contributed by atoms with Gasteiger partial charge in [0.2, 0.25) is 5.78 Å². The van der Waals surface area contributed by atoms with Crippen LogP contribution in [0.3, 0.4) is 0 Å². The quantitative estimate of drug-likeness (QED) is 0.212. The van der Waals surface area contributed by atoms with E-state index in [2.05, 4.69) is 20.4 Å². The highest BCUT2D eigenvalue weighted by Crippen LogP contribution is 2.28. The molecule has 0 saturated heterocycles. The molecular formula is C31H27ClN6O4S. The molecule has 5 heterocycles. The molecule has 0 bridgehead atoms. The molecule has 5 rings (SSSR count). The van der Waals surface area contributed by atoms with Crippen LogP contribution in [0.15, 0.2) is 84.0 Å². The Morgan fingerprint density at radius 1 is 0.977 bits per heavy atom. The first kappa shape index (κ1) is 29.7. The highest BCUT2D eigenvalue weighted by atomic mass is 35.5. The van der Waals surface area contributed by atoms with Gasteiger partial charge in [-0.2, -0.15) is 9.78 Å². The number of ketones is 2. The first-order valence-corrected chi connectivity index (χ1v) is 14.5. The number of carbonyl (C=O) groups is 3. The molecule has 0 fully saturated rings. The van der Waals surface area contributed by atoms with Gasteiger partial charge in [0, 0.05) is 52.1 Å². The van der Waals surface area contributed by atoms with Crippen LogP contribution in [0.4, 0.5) is 5.82 Å². The van der Waals surface area contributed by atoms with Crippen molar-refractivity contribution in [2.24, 2.45) is 5.41 Å². The molecule has 0 unspecified atom stereocenters. The van der Waals surface area contributed by atoms with E-state index in [-0.39, 0.29) is 40.9 Å². The van der Waals surface area contributed by atoms with E-state index in [4.69, 9.17) is 11.6 Å². The van der Waals surface area contributed by atoms with Gasteiger partial charge in [0.25, 0.3) is 11.5 Å². The first-order chi connectivity index (χ1) is 20.5. The number of pyridine rings is 3. The molecular weight excluding hydrogens is 588 g/mol. The molecule has 0 spiro atoms. The number of carbonyl (C=O) groups excluding carboxylic acids is 3. The number of nitrogens with one attached hydrogen (secondary N) is 1. The minimum atomic E-state index is -0.793. The molecule has 218 valence electrons. The van der Waals surface area contributed by atoms with Crippen molar-refractivity contribution in [2.75, 3.05) is 5.32 Å². The summed E-state index contributed by atoms with van der Waals surface area (Å²) in [4.78, 5) is 62.6. The summed E-state index contributed by atoms with van der Waals surface area (Å²) in [5.74, 6) is -0.758. The molecule has 1 N–H and O–H groups in total. The first-order valence-electron chi connectivity index (χ1n) is 13.3. The Labute approximate surface area is 256 Å². The number of hydrogen-bond donors (Lipinski definition) is 1. The highest BCUT2D eigenvalue weighted by Gasteiger charge is 2.28. The fourth-order valence-electron chi connectivity index (χ4n) is 4.24. The molecule has 0 atom stereocenters. The average Bonchev–Trinajstić information content (AvgIpc) is 3.62. The monoisotopic (exact) mass is 614 g/mol. The Morgan fingerprint density at radius 2 is 1.79 bits per heavy atom. The molecule has 0 aliphatic carbocycles. The number of nitrogens with zero attached hydrogens (tertiary/aromatic N) is 5. The zero-order chi connectivity index (χ0) is 30.7. The summed E-state index contributed by atoms with van der Waals surface area (Å²) in [5.41, 5.74) is -0.431. The van der Waals surface area contributed by atoms with Crippen LogP contribution in [0, 0.1) is 5.41 Å². The van der Waals surface area contributed by atoms with E-state index in [1.807, 2.05) is 6.07 Å². The predicted octanol–water partition coefficient (Wildman–Crippen LogP) is 5.63. The van der Waals surface area contributed by atoms with Crippen LogP contribution < -0.4 is 10.9 Å². The van der Waals surface area contributed by atoms with Gasteiger partial charge in [-0.1, -0.05) is 38.4 Å². The van der Waals surface area contributed by atoms with Gasteiger partial charge in [0.1, 0.15) is 17.2 Å². The maximum atomic E-state index is 13.5. The third-order valence-electron chi connectivity index (χ3n) is 6.45. The number of rotatable bonds is 9. The highest BCUT2D eigenvalue weighted by molar-refractivity contribution is 7.16. The predicted molar refractivity (Wildman–Crippen MR) is 165 cm³/mol. The van der Waals surface area contributed by atoms with E-state index in [9.17, 15) is 19.2 Å². The van der Waals surface area contributed by atoms with Crippen molar-refractivity contribution in [1.82, 2.24) is 24.3 Å². The third-order valence-corrected chi connectivity index (χ3v) is 7.68. The summed E-state index contributed by atoms with van der Waals surface area (Å²) in [7, 11) is 0. The van der Waals surface area contributed by atoms with E-state index in [0.29, 0.717) is 22.3 Å². The minimum Gasteiger partial charge on any atom is -0.365 e. The molecule has 0 aliphatic heterocycles. The molecule has 10 nitrogen and oxygen atoms in total. The van der Waals surface area contributed by atoms with E-state index in [1.165, 1.54) is 45.1 Å². The van der Waals surface area contributed by atoms with Gasteiger partial charge >= 0.3 is 0 Å². The van der Waals surface area contributed by atoms with Crippen molar-refractivity contribution in [3.63, 3.8) is 0 Å². The number of anilines is 1. The number of Topliss-reactive ketones (excluding diaryl/α,β-unsaturated/α-hetero) is 1. The van der Waals surface area contributed by atoms with Gasteiger partial charge in [-0.25, -0.2) is 0 Å². The van der Waals surface area contributed by atoms with Crippen LogP contribution in [0.5, 0.6) is 0 Å². The standard InChI is InChI=1S/C31H27ClN6O4S/c1-31(2,3)30(42)38-27(35-17-21-9-10-26(32)43-21)15-23(36-38)24-13-20(29(41)22-8-4-5-12-34-22)14-28(40)37(24)18-25(39)19-7-6-11-33-16-19/h4-16,35H,17-18H2,1-3H3. The zero-order valence-corrected chi connectivity index (χ0v) is 25.1. The molecule has 5 aromatic heterocycles. The van der Waals surface area contributed by atoms with E-state index in [0.717, 1.165) is 4.88 Å². The van der Waals surface area contributed by atoms with Crippen molar-refractivity contribution in [3.8, 4) is 11.4 Å². The van der Waals surface area contributed by atoms with Crippen molar-refractivity contribution in [3.05, 3.63) is 116 Å². The molecule has 0 amide bonds. The molecule has 0 radical (unpaired) electrons. The third kappa shape index (κ3) is 6.68. The van der Waals surface area contributed by atoms with Crippen LogP contribution in [0.2, 0.25) is 4.34 Å². The van der Waals surface area contributed by atoms with Crippen LogP contribution in [0.1, 0.15) is 56.9 Å². The normalized spacial score (nSPS) is 11.3. The summed E-state index contributed by atoms with van der Waals surface area (Å²) in [6, 6.07) is 16.1. The summed E-state index contributed by atoms with van der Waals surface area (Å²) < 4.78 is 3.12. The lowest BCUT2D eigenvalue weighted by molar-refractivity contribution is 0.0751.